The molecule has 0 N–H and O–H groups in total. The molecule has 30 heavy (non-hydrogen) atoms. The predicted molar refractivity (Wildman–Crippen MR) is 102 cm³/mol. The summed E-state index contributed by atoms with van der Waals surface area (Å²) in [6, 6.07) is 4.68. The fourth-order valence-electron chi connectivity index (χ4n) is 3.03. The van der Waals surface area contributed by atoms with Gasteiger partial charge < -0.3 is 4.90 Å². The number of alkyl halides is 3. The third kappa shape index (κ3) is 4.32. The van der Waals surface area contributed by atoms with Crippen molar-refractivity contribution >= 4 is 33.0 Å². The Kier molecular flexibility index (Phi) is 5.89. The van der Waals surface area contributed by atoms with Crippen LogP contribution in [0.5, 0.6) is 0 Å². The lowest BCUT2D eigenvalue weighted by atomic mass is 10.2. The molecule has 1 aromatic heterocycles. The van der Waals surface area contributed by atoms with Gasteiger partial charge in [0.1, 0.15) is 0 Å². The molecule has 162 valence electrons. The van der Waals surface area contributed by atoms with Crippen molar-refractivity contribution in [3.63, 3.8) is 0 Å². The molecule has 1 amide bonds. The van der Waals surface area contributed by atoms with E-state index in [4.69, 9.17) is 0 Å². The van der Waals surface area contributed by atoms with Gasteiger partial charge in [0, 0.05) is 32.2 Å². The van der Waals surface area contributed by atoms with Crippen molar-refractivity contribution in [3.8, 4) is 0 Å². The van der Waals surface area contributed by atoms with Crippen LogP contribution in [0.15, 0.2) is 35.2 Å². The van der Waals surface area contributed by atoms with E-state index in [0.717, 1.165) is 33.8 Å². The zero-order valence-electron chi connectivity index (χ0n) is 15.5. The second-order valence-corrected chi connectivity index (χ2v) is 9.73. The van der Waals surface area contributed by atoms with Crippen molar-refractivity contribution in [2.45, 2.75) is 18.0 Å². The molecule has 0 aliphatic carbocycles. The Morgan fingerprint density at radius 2 is 1.80 bits per heavy atom. The smallest absolute Gasteiger partial charge is 0.335 e. The molecule has 3 rings (SSSR count). The molecule has 1 saturated heterocycles. The number of hydrogen-bond donors (Lipinski definition) is 0. The maximum atomic E-state index is 12.9. The lowest BCUT2D eigenvalue weighted by molar-refractivity contribution is -0.385. The Morgan fingerprint density at radius 3 is 2.33 bits per heavy atom. The zero-order chi connectivity index (χ0) is 22.3. The number of rotatable bonds is 4. The number of carbonyl (C=O) groups is 1. The number of carbonyl (C=O) groups excluding carboxylic acids is 1. The number of sulfonamides is 1. The summed E-state index contributed by atoms with van der Waals surface area (Å²) in [4.78, 5) is 24.4. The number of aryl methyl sites for hydroxylation is 1. The van der Waals surface area contributed by atoms with Crippen molar-refractivity contribution in [3.05, 3.63) is 55.8 Å². The fraction of sp³-hybridized carbons (Fsp3) is 0.353. The standard InChI is InChI=1S/C17H16F3N3O5S2/c1-11-14(23(25)26)10-15(29-11)16(24)21-5-7-22(8-6-21)30(27,28)13-4-2-3-12(9-13)17(18,19)20/h2-4,9-10H,5-8H2,1H3. The van der Waals surface area contributed by atoms with Crippen LogP contribution in [0, 0.1) is 17.0 Å². The normalized spacial score (nSPS) is 15.9. The van der Waals surface area contributed by atoms with Crippen molar-refractivity contribution < 1.29 is 31.3 Å². The van der Waals surface area contributed by atoms with E-state index >= 15 is 0 Å². The van der Waals surface area contributed by atoms with Crippen molar-refractivity contribution in [1.82, 2.24) is 9.21 Å². The van der Waals surface area contributed by atoms with Crippen LogP contribution in [0.3, 0.4) is 0 Å². The van der Waals surface area contributed by atoms with Crippen LogP contribution in [0.4, 0.5) is 18.9 Å². The summed E-state index contributed by atoms with van der Waals surface area (Å²) >= 11 is 0.980. The van der Waals surface area contributed by atoms with Crippen molar-refractivity contribution in [2.75, 3.05) is 26.2 Å². The highest BCUT2D eigenvalue weighted by Crippen LogP contribution is 2.32. The Hall–Kier alpha value is -2.51. The van der Waals surface area contributed by atoms with Gasteiger partial charge in [-0.25, -0.2) is 8.42 Å². The van der Waals surface area contributed by atoms with Gasteiger partial charge in [0.05, 0.1) is 25.1 Å². The SMILES string of the molecule is Cc1sc(C(=O)N2CCN(S(=O)(=O)c3cccc(C(F)(F)F)c3)CC2)cc1[N+](=O)[O-]. The largest absolute Gasteiger partial charge is 0.416 e. The molecule has 1 aromatic carbocycles. The first kappa shape index (κ1) is 22.2. The number of benzene rings is 1. The first-order valence-corrected chi connectivity index (χ1v) is 10.9. The van der Waals surface area contributed by atoms with Crippen LogP contribution in [0.25, 0.3) is 0 Å². The molecule has 8 nitrogen and oxygen atoms in total. The van der Waals surface area contributed by atoms with E-state index in [-0.39, 0.29) is 36.7 Å². The summed E-state index contributed by atoms with van der Waals surface area (Å²) in [5.41, 5.74) is -1.22. The maximum Gasteiger partial charge on any atom is 0.416 e. The Labute approximate surface area is 173 Å². The summed E-state index contributed by atoms with van der Waals surface area (Å²) in [6.07, 6.45) is -4.67. The molecule has 0 spiro atoms. The topological polar surface area (TPSA) is 101 Å². The highest BCUT2D eigenvalue weighted by Gasteiger charge is 2.35. The summed E-state index contributed by atoms with van der Waals surface area (Å²) in [5, 5.41) is 11.0. The van der Waals surface area contributed by atoms with E-state index in [1.807, 2.05) is 0 Å². The third-order valence-electron chi connectivity index (χ3n) is 4.62. The molecule has 1 fully saturated rings. The summed E-state index contributed by atoms with van der Waals surface area (Å²) in [7, 11) is -4.16. The first-order valence-electron chi connectivity index (χ1n) is 8.63. The van der Waals surface area contributed by atoms with E-state index in [2.05, 4.69) is 0 Å². The van der Waals surface area contributed by atoms with Crippen LogP contribution in [-0.2, 0) is 16.2 Å². The molecule has 0 radical (unpaired) electrons. The number of halogens is 3. The van der Waals surface area contributed by atoms with Gasteiger partial charge in [0.2, 0.25) is 10.0 Å². The number of nitrogens with zero attached hydrogens (tertiary/aromatic N) is 3. The Morgan fingerprint density at radius 1 is 1.17 bits per heavy atom. The van der Waals surface area contributed by atoms with E-state index < -0.39 is 37.5 Å². The van der Waals surface area contributed by atoms with Crippen LogP contribution >= 0.6 is 11.3 Å². The zero-order valence-corrected chi connectivity index (χ0v) is 17.2. The number of piperazine rings is 1. The number of nitro groups is 1. The van der Waals surface area contributed by atoms with Crippen molar-refractivity contribution in [1.29, 1.82) is 0 Å². The van der Waals surface area contributed by atoms with Crippen LogP contribution in [0.2, 0.25) is 0 Å². The lowest BCUT2D eigenvalue weighted by Crippen LogP contribution is -2.50. The molecule has 13 heteroatoms. The maximum absolute atomic E-state index is 12.9. The average Bonchev–Trinajstić information content (AvgIpc) is 3.09. The second kappa shape index (κ2) is 7.96. The predicted octanol–water partition coefficient (Wildman–Crippen LogP) is 3.13. The summed E-state index contributed by atoms with van der Waals surface area (Å²) < 4.78 is 65.1. The third-order valence-corrected chi connectivity index (χ3v) is 7.55. The molecular formula is C17H16F3N3O5S2. The Bertz CT molecular complexity index is 1090. The van der Waals surface area contributed by atoms with Crippen LogP contribution < -0.4 is 0 Å². The van der Waals surface area contributed by atoms with Gasteiger partial charge in [-0.15, -0.1) is 11.3 Å². The summed E-state index contributed by atoms with van der Waals surface area (Å²) in [5.74, 6) is -0.452. The first-order chi connectivity index (χ1) is 13.9. The average molecular weight is 463 g/mol. The quantitative estimate of drug-likeness (QED) is 0.512. The fourth-order valence-corrected chi connectivity index (χ4v) is 5.45. The highest BCUT2D eigenvalue weighted by atomic mass is 32.2. The summed E-state index contributed by atoms with van der Waals surface area (Å²) in [6.45, 7) is 1.36. The molecular weight excluding hydrogens is 447 g/mol. The molecule has 0 unspecified atom stereocenters. The number of hydrogen-bond acceptors (Lipinski definition) is 6. The minimum atomic E-state index is -4.67. The minimum Gasteiger partial charge on any atom is -0.335 e. The molecule has 1 aliphatic rings. The monoisotopic (exact) mass is 463 g/mol. The van der Waals surface area contributed by atoms with Gasteiger partial charge in [0.25, 0.3) is 11.6 Å². The molecule has 2 heterocycles. The van der Waals surface area contributed by atoms with Gasteiger partial charge in [-0.05, 0) is 25.1 Å². The second-order valence-electron chi connectivity index (χ2n) is 6.53. The Balaban J connectivity index is 1.73. The molecule has 2 aromatic rings. The van der Waals surface area contributed by atoms with Crippen LogP contribution in [0.1, 0.15) is 20.1 Å². The van der Waals surface area contributed by atoms with Crippen molar-refractivity contribution in [2.24, 2.45) is 0 Å². The number of amides is 1. The van der Waals surface area contributed by atoms with E-state index in [9.17, 15) is 36.5 Å². The van der Waals surface area contributed by atoms with Gasteiger partial charge in [-0.3, -0.25) is 14.9 Å². The molecule has 1 aliphatic heterocycles. The highest BCUT2D eigenvalue weighted by molar-refractivity contribution is 7.89. The van der Waals surface area contributed by atoms with E-state index in [0.29, 0.717) is 10.9 Å². The van der Waals surface area contributed by atoms with E-state index in [1.54, 1.807) is 0 Å². The van der Waals surface area contributed by atoms with Gasteiger partial charge in [-0.2, -0.15) is 17.5 Å². The van der Waals surface area contributed by atoms with Gasteiger partial charge in [-0.1, -0.05) is 6.07 Å². The number of thiophene rings is 1. The lowest BCUT2D eigenvalue weighted by Gasteiger charge is -2.33. The molecule has 0 atom stereocenters. The van der Waals surface area contributed by atoms with E-state index in [1.165, 1.54) is 17.9 Å². The minimum absolute atomic E-state index is 0.0156. The molecule has 0 saturated carbocycles. The molecule has 0 bridgehead atoms. The van der Waals surface area contributed by atoms with Crippen LogP contribution in [-0.4, -0.2) is 54.6 Å². The van der Waals surface area contributed by atoms with Gasteiger partial charge in [0.15, 0.2) is 0 Å². The van der Waals surface area contributed by atoms with Gasteiger partial charge >= 0.3 is 6.18 Å².